The lowest BCUT2D eigenvalue weighted by molar-refractivity contribution is -0.139. The summed E-state index contributed by atoms with van der Waals surface area (Å²) in [4.78, 5) is 22.3. The maximum atomic E-state index is 11.2. The van der Waals surface area contributed by atoms with Crippen LogP contribution in [0.1, 0.15) is 44.5 Å². The Morgan fingerprint density at radius 2 is 1.02 bits per heavy atom. The van der Waals surface area contributed by atoms with Gasteiger partial charge in [0.1, 0.15) is 37.9 Å². The van der Waals surface area contributed by atoms with Crippen LogP contribution >= 0.6 is 0 Å². The van der Waals surface area contributed by atoms with Crippen molar-refractivity contribution in [2.45, 2.75) is 27.7 Å². The number of hydrogen-bond donors (Lipinski definition) is 0. The van der Waals surface area contributed by atoms with Crippen LogP contribution in [-0.4, -0.2) is 38.4 Å². The topological polar surface area (TPSA) is 71.1 Å². The van der Waals surface area contributed by atoms with Gasteiger partial charge in [-0.2, -0.15) is 0 Å². The van der Waals surface area contributed by atoms with E-state index in [-0.39, 0.29) is 26.4 Å². The van der Waals surface area contributed by atoms with Gasteiger partial charge >= 0.3 is 11.9 Å². The fourth-order valence-corrected chi connectivity index (χ4v) is 6.38. The molecule has 0 bridgehead atoms. The zero-order valence-electron chi connectivity index (χ0n) is 32.1. The average Bonchev–Trinajstić information content (AvgIpc) is 3.21. The molecule has 0 fully saturated rings. The fraction of sp³-hybridized carbons (Fsp3) is 0.160. The van der Waals surface area contributed by atoms with E-state index in [1.807, 2.05) is 48.5 Å². The number of esters is 2. The normalized spacial score (nSPS) is 10.4. The third kappa shape index (κ3) is 9.37. The Morgan fingerprint density at radius 1 is 0.518 bits per heavy atom. The molecule has 0 aliphatic carbocycles. The van der Waals surface area contributed by atoms with E-state index in [2.05, 4.69) is 113 Å². The highest BCUT2D eigenvalue weighted by atomic mass is 16.6. The third-order valence-corrected chi connectivity index (χ3v) is 9.48. The van der Waals surface area contributed by atoms with Crippen LogP contribution in [0.4, 0.5) is 0 Å². The van der Waals surface area contributed by atoms with Crippen LogP contribution in [0.25, 0.3) is 32.7 Å². The molecule has 278 valence electrons. The number of rotatable bonds is 11. The minimum absolute atomic E-state index is 0.158. The Balaban J connectivity index is 1.16. The first-order valence-electron chi connectivity index (χ1n) is 18.3. The summed E-state index contributed by atoms with van der Waals surface area (Å²) >= 11 is 0. The Hall–Kier alpha value is -7.02. The van der Waals surface area contributed by atoms with Crippen LogP contribution < -0.4 is 9.47 Å². The molecule has 0 N–H and O–H groups in total. The molecule has 0 aliphatic heterocycles. The summed E-state index contributed by atoms with van der Waals surface area (Å²) in [6.07, 6.45) is 2.26. The molecule has 0 aliphatic rings. The Morgan fingerprint density at radius 3 is 1.59 bits per heavy atom. The van der Waals surface area contributed by atoms with Crippen molar-refractivity contribution in [1.29, 1.82) is 0 Å². The van der Waals surface area contributed by atoms with E-state index in [1.165, 1.54) is 38.4 Å². The summed E-state index contributed by atoms with van der Waals surface area (Å²) in [7, 11) is 0. The number of carbonyl (C=O) groups is 2. The minimum Gasteiger partial charge on any atom is -0.490 e. The molecule has 0 radical (unpaired) electrons. The average molecular weight is 739 g/mol. The molecule has 0 atom stereocenters. The predicted octanol–water partition coefficient (Wildman–Crippen LogP) is 9.91. The van der Waals surface area contributed by atoms with Crippen molar-refractivity contribution in [2.75, 3.05) is 26.4 Å². The maximum Gasteiger partial charge on any atom is 0.330 e. The van der Waals surface area contributed by atoms with E-state index < -0.39 is 11.9 Å². The molecule has 0 aromatic heterocycles. The van der Waals surface area contributed by atoms with Gasteiger partial charge in [0, 0.05) is 34.4 Å². The summed E-state index contributed by atoms with van der Waals surface area (Å²) in [5, 5.41) is 4.71. The molecule has 0 amide bonds. The van der Waals surface area contributed by atoms with Crippen molar-refractivity contribution in [3.63, 3.8) is 0 Å². The van der Waals surface area contributed by atoms with Gasteiger partial charge < -0.3 is 18.9 Å². The largest absolute Gasteiger partial charge is 0.490 e. The second-order valence-electron chi connectivity index (χ2n) is 13.2. The summed E-state index contributed by atoms with van der Waals surface area (Å²) in [5.41, 5.74) is 10.8. The number of aryl methyl sites for hydroxylation is 4. The van der Waals surface area contributed by atoms with Gasteiger partial charge in [-0.15, -0.1) is 0 Å². The third-order valence-electron chi connectivity index (χ3n) is 9.48. The molecular weight excluding hydrogens is 697 g/mol. The smallest absolute Gasteiger partial charge is 0.330 e. The number of benzene rings is 6. The summed E-state index contributed by atoms with van der Waals surface area (Å²) in [6, 6.07) is 32.7. The van der Waals surface area contributed by atoms with E-state index in [9.17, 15) is 9.59 Å². The van der Waals surface area contributed by atoms with E-state index in [0.717, 1.165) is 50.9 Å². The second kappa shape index (κ2) is 17.9. The van der Waals surface area contributed by atoms with E-state index in [4.69, 9.17) is 18.9 Å². The van der Waals surface area contributed by atoms with Gasteiger partial charge in [0.05, 0.1) is 0 Å². The van der Waals surface area contributed by atoms with Crippen LogP contribution in [0.3, 0.4) is 0 Å². The number of ether oxygens (including phenoxy) is 4. The van der Waals surface area contributed by atoms with Gasteiger partial charge in [-0.25, -0.2) is 9.59 Å². The monoisotopic (exact) mass is 738 g/mol. The Kier molecular flexibility index (Phi) is 12.3. The molecule has 6 nitrogen and oxygen atoms in total. The molecule has 6 heteroatoms. The zero-order chi connectivity index (χ0) is 39.6. The molecule has 0 saturated carbocycles. The van der Waals surface area contributed by atoms with Crippen molar-refractivity contribution in [3.8, 4) is 46.3 Å². The molecule has 0 heterocycles. The standard InChI is InChI=1S/C50H42O6/c1-7-49(51)55-27-25-53-43-20-11-37(12-21-43)9-15-39-17-18-42-32-46(34(4)30-47(42)35(39)5)45-24-19-41-31-40(33(3)29-48(41)36(45)6)16-10-38-13-22-44(23-14-38)54-26-28-56-50(52)8-2/h7-8,11-14,17-24,29-32H,1-2,25-28H2,3-6H3. The van der Waals surface area contributed by atoms with Crippen molar-refractivity contribution in [1.82, 2.24) is 0 Å². The molecule has 6 rings (SSSR count). The Bertz CT molecular complexity index is 2500. The van der Waals surface area contributed by atoms with Crippen molar-refractivity contribution in [2.24, 2.45) is 0 Å². The number of fused-ring (bicyclic) bond motifs is 2. The van der Waals surface area contributed by atoms with Gasteiger partial charge in [0.25, 0.3) is 0 Å². The van der Waals surface area contributed by atoms with Gasteiger partial charge in [0.2, 0.25) is 0 Å². The molecule has 56 heavy (non-hydrogen) atoms. The molecule has 0 unspecified atom stereocenters. The van der Waals surface area contributed by atoms with Crippen LogP contribution in [0.5, 0.6) is 11.5 Å². The SMILES string of the molecule is C=CC(=O)OCCOc1ccc(C#Cc2cc3ccc(-c4cc5ccc(C#Cc6ccc(OCCOC(=O)C=C)cc6)c(C)c5cc4C)c(C)c3cc2C)cc1. The van der Waals surface area contributed by atoms with Gasteiger partial charge in [-0.05, 0) is 155 Å². The van der Waals surface area contributed by atoms with E-state index in [1.54, 1.807) is 0 Å². The lowest BCUT2D eigenvalue weighted by atomic mass is 9.88. The highest BCUT2D eigenvalue weighted by molar-refractivity contribution is 5.97. The van der Waals surface area contributed by atoms with Crippen LogP contribution in [0, 0.1) is 51.4 Å². The fourth-order valence-electron chi connectivity index (χ4n) is 6.38. The first-order chi connectivity index (χ1) is 27.1. The Labute approximate surface area is 328 Å². The highest BCUT2D eigenvalue weighted by Gasteiger charge is 2.13. The molecular formula is C50H42O6. The number of carbonyl (C=O) groups excluding carboxylic acids is 2. The predicted molar refractivity (Wildman–Crippen MR) is 224 cm³/mol. The van der Waals surface area contributed by atoms with Crippen LogP contribution in [0.2, 0.25) is 0 Å². The van der Waals surface area contributed by atoms with E-state index in [0.29, 0.717) is 11.5 Å². The lowest BCUT2D eigenvalue weighted by Crippen LogP contribution is -2.10. The highest BCUT2D eigenvalue weighted by Crippen LogP contribution is 2.36. The summed E-state index contributed by atoms with van der Waals surface area (Å²) in [6.45, 7) is 16.2. The summed E-state index contributed by atoms with van der Waals surface area (Å²) < 4.78 is 21.2. The van der Waals surface area contributed by atoms with Gasteiger partial charge in [0.15, 0.2) is 0 Å². The molecule has 0 spiro atoms. The van der Waals surface area contributed by atoms with Crippen molar-refractivity contribution < 1.29 is 28.5 Å². The van der Waals surface area contributed by atoms with Crippen molar-refractivity contribution >= 4 is 33.5 Å². The second-order valence-corrected chi connectivity index (χ2v) is 13.2. The first-order valence-corrected chi connectivity index (χ1v) is 18.3. The van der Waals surface area contributed by atoms with Gasteiger partial charge in [-0.1, -0.05) is 61.1 Å². The van der Waals surface area contributed by atoms with Crippen LogP contribution in [0.15, 0.2) is 122 Å². The number of hydrogen-bond acceptors (Lipinski definition) is 6. The molecule has 6 aromatic rings. The van der Waals surface area contributed by atoms with E-state index >= 15 is 0 Å². The zero-order valence-corrected chi connectivity index (χ0v) is 32.1. The quantitative estimate of drug-likeness (QED) is 0.0571. The molecule has 6 aromatic carbocycles. The summed E-state index contributed by atoms with van der Waals surface area (Å²) in [5.74, 6) is 13.7. The minimum atomic E-state index is -0.468. The first kappa shape index (κ1) is 38.7. The molecule has 0 saturated heterocycles. The lowest BCUT2D eigenvalue weighted by Gasteiger charge is -2.16. The van der Waals surface area contributed by atoms with Crippen LogP contribution in [-0.2, 0) is 19.1 Å². The maximum absolute atomic E-state index is 11.2. The van der Waals surface area contributed by atoms with Crippen molar-refractivity contribution in [3.05, 3.63) is 167 Å². The van der Waals surface area contributed by atoms with Gasteiger partial charge in [-0.3, -0.25) is 0 Å².